The summed E-state index contributed by atoms with van der Waals surface area (Å²) >= 11 is 0. The van der Waals surface area contributed by atoms with Crippen molar-refractivity contribution in [3.05, 3.63) is 12.4 Å². The van der Waals surface area contributed by atoms with Crippen molar-refractivity contribution in [3.63, 3.8) is 0 Å². The molecule has 0 unspecified atom stereocenters. The maximum absolute atomic E-state index is 11.7. The molecule has 0 saturated carbocycles. The van der Waals surface area contributed by atoms with Gasteiger partial charge in [0.1, 0.15) is 0 Å². The maximum Gasteiger partial charge on any atom is 0.241 e. The molecule has 1 aromatic rings. The van der Waals surface area contributed by atoms with E-state index in [1.165, 1.54) is 6.42 Å². The average Bonchev–Trinajstić information content (AvgIpc) is 2.80. The van der Waals surface area contributed by atoms with Gasteiger partial charge >= 0.3 is 0 Å². The van der Waals surface area contributed by atoms with Crippen LogP contribution in [0.4, 0.5) is 5.95 Å². The predicted molar refractivity (Wildman–Crippen MR) is 57.5 cm³/mol. The Morgan fingerprint density at radius 2 is 2.27 bits per heavy atom. The van der Waals surface area contributed by atoms with Gasteiger partial charge in [-0.1, -0.05) is 0 Å². The standard InChI is InChI=1S/C10H16N4O/c15-9(14-6-2-1-3-7-14)8-13-10-11-4-5-12-10/h4-5H,1-3,6-8H2,(H2,11,12,13). The normalized spacial score (nSPS) is 16.4. The molecule has 1 aliphatic rings. The number of rotatable bonds is 3. The summed E-state index contributed by atoms with van der Waals surface area (Å²) in [5.74, 6) is 0.812. The van der Waals surface area contributed by atoms with Crippen LogP contribution in [0.15, 0.2) is 12.4 Å². The molecule has 0 radical (unpaired) electrons. The van der Waals surface area contributed by atoms with Gasteiger partial charge in [-0.25, -0.2) is 4.98 Å². The Balaban J connectivity index is 1.76. The lowest BCUT2D eigenvalue weighted by molar-refractivity contribution is -0.130. The Labute approximate surface area is 88.9 Å². The van der Waals surface area contributed by atoms with E-state index in [1.807, 2.05) is 4.90 Å². The Hall–Kier alpha value is -1.52. The van der Waals surface area contributed by atoms with E-state index in [2.05, 4.69) is 15.3 Å². The molecule has 1 fully saturated rings. The van der Waals surface area contributed by atoms with Crippen LogP contribution in [0.2, 0.25) is 0 Å². The molecule has 2 heterocycles. The zero-order valence-electron chi connectivity index (χ0n) is 8.70. The summed E-state index contributed by atoms with van der Waals surface area (Å²) in [4.78, 5) is 20.5. The van der Waals surface area contributed by atoms with E-state index in [1.54, 1.807) is 12.4 Å². The molecule has 0 aromatic carbocycles. The molecule has 1 amide bonds. The van der Waals surface area contributed by atoms with Crippen molar-refractivity contribution in [2.24, 2.45) is 0 Å². The lowest BCUT2D eigenvalue weighted by atomic mass is 10.1. The topological polar surface area (TPSA) is 61.0 Å². The van der Waals surface area contributed by atoms with Crippen molar-refractivity contribution in [1.29, 1.82) is 0 Å². The van der Waals surface area contributed by atoms with Crippen LogP contribution >= 0.6 is 0 Å². The molecule has 1 saturated heterocycles. The highest BCUT2D eigenvalue weighted by molar-refractivity contribution is 5.80. The van der Waals surface area contributed by atoms with Crippen LogP contribution in [0.1, 0.15) is 19.3 Å². The maximum atomic E-state index is 11.7. The second kappa shape index (κ2) is 4.82. The summed E-state index contributed by atoms with van der Waals surface area (Å²) in [5, 5.41) is 2.96. The predicted octanol–water partition coefficient (Wildman–Crippen LogP) is 0.834. The quantitative estimate of drug-likeness (QED) is 0.773. The molecule has 2 N–H and O–H groups in total. The number of aromatic amines is 1. The highest BCUT2D eigenvalue weighted by atomic mass is 16.2. The second-order valence-corrected chi connectivity index (χ2v) is 3.73. The van der Waals surface area contributed by atoms with Crippen LogP contribution in [0.3, 0.4) is 0 Å². The van der Waals surface area contributed by atoms with Crippen molar-refractivity contribution in [1.82, 2.24) is 14.9 Å². The number of nitrogens with one attached hydrogen (secondary N) is 2. The van der Waals surface area contributed by atoms with Gasteiger partial charge in [0, 0.05) is 25.5 Å². The van der Waals surface area contributed by atoms with E-state index in [-0.39, 0.29) is 5.91 Å². The van der Waals surface area contributed by atoms with Gasteiger partial charge in [0.05, 0.1) is 6.54 Å². The zero-order valence-corrected chi connectivity index (χ0v) is 8.70. The summed E-state index contributed by atoms with van der Waals surface area (Å²) in [5.41, 5.74) is 0. The first kappa shape index (κ1) is 10.0. The Morgan fingerprint density at radius 1 is 1.47 bits per heavy atom. The first-order valence-corrected chi connectivity index (χ1v) is 5.37. The Bertz CT molecular complexity index is 303. The monoisotopic (exact) mass is 208 g/mol. The third-order valence-corrected chi connectivity index (χ3v) is 2.61. The van der Waals surface area contributed by atoms with E-state index < -0.39 is 0 Å². The van der Waals surface area contributed by atoms with Gasteiger partial charge in [-0.2, -0.15) is 0 Å². The number of hydrogen-bond donors (Lipinski definition) is 2. The highest BCUT2D eigenvalue weighted by Crippen LogP contribution is 2.08. The number of piperidine rings is 1. The molecule has 0 bridgehead atoms. The molecule has 5 nitrogen and oxygen atoms in total. The number of imidazole rings is 1. The number of carbonyl (C=O) groups excluding carboxylic acids is 1. The number of anilines is 1. The fraction of sp³-hybridized carbons (Fsp3) is 0.600. The second-order valence-electron chi connectivity index (χ2n) is 3.73. The Morgan fingerprint density at radius 3 is 2.93 bits per heavy atom. The molecule has 15 heavy (non-hydrogen) atoms. The van der Waals surface area contributed by atoms with Crippen LogP contribution in [0, 0.1) is 0 Å². The first-order chi connectivity index (χ1) is 7.36. The SMILES string of the molecule is O=C(CNc1ncc[nH]1)N1CCCCC1. The number of H-pyrrole nitrogens is 1. The van der Waals surface area contributed by atoms with E-state index in [9.17, 15) is 4.79 Å². The molecular formula is C10H16N4O. The van der Waals surface area contributed by atoms with Crippen LogP contribution in [-0.4, -0.2) is 40.4 Å². The molecule has 0 spiro atoms. The van der Waals surface area contributed by atoms with Gasteiger partial charge in [0.25, 0.3) is 0 Å². The van der Waals surface area contributed by atoms with Gasteiger partial charge in [0.15, 0.2) is 0 Å². The van der Waals surface area contributed by atoms with E-state index in [4.69, 9.17) is 0 Å². The minimum atomic E-state index is 0.158. The molecule has 1 aromatic heterocycles. The first-order valence-electron chi connectivity index (χ1n) is 5.37. The van der Waals surface area contributed by atoms with Crippen molar-refractivity contribution in [2.45, 2.75) is 19.3 Å². The summed E-state index contributed by atoms with van der Waals surface area (Å²) in [6.45, 7) is 2.13. The smallest absolute Gasteiger partial charge is 0.241 e. The largest absolute Gasteiger partial charge is 0.347 e. The molecular weight excluding hydrogens is 192 g/mol. The molecule has 1 aliphatic heterocycles. The molecule has 2 rings (SSSR count). The van der Waals surface area contributed by atoms with E-state index in [0.29, 0.717) is 12.5 Å². The number of nitrogens with zero attached hydrogens (tertiary/aromatic N) is 2. The number of amides is 1. The van der Waals surface area contributed by atoms with Crippen LogP contribution in [-0.2, 0) is 4.79 Å². The third-order valence-electron chi connectivity index (χ3n) is 2.61. The summed E-state index contributed by atoms with van der Waals surface area (Å²) in [6, 6.07) is 0. The Kier molecular flexibility index (Phi) is 3.22. The zero-order chi connectivity index (χ0) is 10.5. The minimum Gasteiger partial charge on any atom is -0.347 e. The molecule has 0 aliphatic carbocycles. The van der Waals surface area contributed by atoms with E-state index >= 15 is 0 Å². The van der Waals surface area contributed by atoms with Crippen LogP contribution < -0.4 is 5.32 Å². The van der Waals surface area contributed by atoms with Crippen LogP contribution in [0.25, 0.3) is 0 Å². The van der Waals surface area contributed by atoms with Gasteiger partial charge < -0.3 is 15.2 Å². The number of aromatic nitrogens is 2. The summed E-state index contributed by atoms with van der Waals surface area (Å²) < 4.78 is 0. The fourth-order valence-electron chi connectivity index (χ4n) is 1.78. The number of likely N-dealkylation sites (tertiary alicyclic amines) is 1. The number of carbonyl (C=O) groups is 1. The van der Waals surface area contributed by atoms with Gasteiger partial charge in [0.2, 0.25) is 11.9 Å². The van der Waals surface area contributed by atoms with Crippen molar-refractivity contribution < 1.29 is 4.79 Å². The lowest BCUT2D eigenvalue weighted by Crippen LogP contribution is -2.39. The third kappa shape index (κ3) is 2.71. The lowest BCUT2D eigenvalue weighted by Gasteiger charge is -2.26. The van der Waals surface area contributed by atoms with Gasteiger partial charge in [-0.3, -0.25) is 4.79 Å². The van der Waals surface area contributed by atoms with Crippen molar-refractivity contribution >= 4 is 11.9 Å². The minimum absolute atomic E-state index is 0.158. The fourth-order valence-corrected chi connectivity index (χ4v) is 1.78. The van der Waals surface area contributed by atoms with Crippen LogP contribution in [0.5, 0.6) is 0 Å². The highest BCUT2D eigenvalue weighted by Gasteiger charge is 2.15. The van der Waals surface area contributed by atoms with Crippen molar-refractivity contribution in [3.8, 4) is 0 Å². The average molecular weight is 208 g/mol. The van der Waals surface area contributed by atoms with Crippen molar-refractivity contribution in [2.75, 3.05) is 25.0 Å². The summed E-state index contributed by atoms with van der Waals surface area (Å²) in [6.07, 6.45) is 6.90. The molecule has 0 atom stereocenters. The number of hydrogen-bond acceptors (Lipinski definition) is 3. The molecule has 82 valence electrons. The van der Waals surface area contributed by atoms with E-state index in [0.717, 1.165) is 25.9 Å². The van der Waals surface area contributed by atoms with Gasteiger partial charge in [-0.15, -0.1) is 0 Å². The molecule has 5 heteroatoms. The van der Waals surface area contributed by atoms with Gasteiger partial charge in [-0.05, 0) is 19.3 Å². The summed E-state index contributed by atoms with van der Waals surface area (Å²) in [7, 11) is 0.